The molecule has 0 aliphatic heterocycles. The molecule has 0 aromatic heterocycles. The maximum atomic E-state index is 12.8. The van der Waals surface area contributed by atoms with Gasteiger partial charge in [-0.1, -0.05) is 31.0 Å². The summed E-state index contributed by atoms with van der Waals surface area (Å²) >= 11 is 0. The molecular weight excluding hydrogens is 264 g/mol. The van der Waals surface area contributed by atoms with Gasteiger partial charge in [0.25, 0.3) is 0 Å². The minimum atomic E-state index is -0.140. The first kappa shape index (κ1) is 15.8. The van der Waals surface area contributed by atoms with E-state index in [-0.39, 0.29) is 23.6 Å². The Balaban J connectivity index is 2.13. The summed E-state index contributed by atoms with van der Waals surface area (Å²) < 4.78 is 0. The van der Waals surface area contributed by atoms with Crippen molar-refractivity contribution in [1.29, 1.82) is 0 Å². The zero-order chi connectivity index (χ0) is 15.4. The second kappa shape index (κ2) is 6.94. The molecule has 2 rings (SSSR count). The molecule has 1 aliphatic carbocycles. The third-order valence-corrected chi connectivity index (χ3v) is 4.84. The highest BCUT2D eigenvalue weighted by Gasteiger charge is 2.33. The van der Waals surface area contributed by atoms with Gasteiger partial charge in [0.15, 0.2) is 0 Å². The third-order valence-electron chi connectivity index (χ3n) is 4.84. The molecule has 116 valence electrons. The van der Waals surface area contributed by atoms with E-state index >= 15 is 0 Å². The first-order valence-corrected chi connectivity index (χ1v) is 7.81. The Labute approximate surface area is 126 Å². The number of hydrogen-bond acceptors (Lipinski definition) is 3. The van der Waals surface area contributed by atoms with E-state index in [2.05, 4.69) is 0 Å². The van der Waals surface area contributed by atoms with Crippen molar-refractivity contribution in [2.24, 2.45) is 17.6 Å². The molecule has 1 fully saturated rings. The summed E-state index contributed by atoms with van der Waals surface area (Å²) in [7, 11) is 1.82. The fourth-order valence-electron chi connectivity index (χ4n) is 3.32. The van der Waals surface area contributed by atoms with Crippen LogP contribution in [-0.4, -0.2) is 29.5 Å². The van der Waals surface area contributed by atoms with Gasteiger partial charge in [0.2, 0.25) is 5.91 Å². The Morgan fingerprint density at radius 1 is 1.38 bits per heavy atom. The summed E-state index contributed by atoms with van der Waals surface area (Å²) in [6.45, 7) is 2.53. The maximum absolute atomic E-state index is 12.8. The fraction of sp³-hybridized carbons (Fsp3) is 0.588. The van der Waals surface area contributed by atoms with Crippen LogP contribution in [0.15, 0.2) is 24.3 Å². The molecule has 4 nitrogen and oxygen atoms in total. The van der Waals surface area contributed by atoms with Gasteiger partial charge in [0.1, 0.15) is 5.75 Å². The van der Waals surface area contributed by atoms with Crippen LogP contribution in [-0.2, 0) is 4.79 Å². The maximum Gasteiger partial charge on any atom is 0.226 e. The lowest BCUT2D eigenvalue weighted by Crippen LogP contribution is -2.41. The Morgan fingerprint density at radius 2 is 2.05 bits per heavy atom. The van der Waals surface area contributed by atoms with Gasteiger partial charge in [-0.25, -0.2) is 0 Å². The molecule has 1 amide bonds. The number of amides is 1. The first-order chi connectivity index (χ1) is 10.1. The number of para-hydroxylation sites is 1. The highest BCUT2D eigenvalue weighted by atomic mass is 16.3. The van der Waals surface area contributed by atoms with Gasteiger partial charge >= 0.3 is 0 Å². The van der Waals surface area contributed by atoms with Crippen molar-refractivity contribution in [3.05, 3.63) is 29.8 Å². The van der Waals surface area contributed by atoms with Crippen molar-refractivity contribution >= 4 is 5.91 Å². The molecule has 3 N–H and O–H groups in total. The van der Waals surface area contributed by atoms with Crippen LogP contribution in [0.5, 0.6) is 5.75 Å². The minimum Gasteiger partial charge on any atom is -0.508 e. The van der Waals surface area contributed by atoms with E-state index in [0.29, 0.717) is 12.5 Å². The number of aromatic hydroxyl groups is 1. The quantitative estimate of drug-likeness (QED) is 0.896. The Hall–Kier alpha value is -1.55. The largest absolute Gasteiger partial charge is 0.508 e. The molecule has 0 spiro atoms. The molecule has 0 bridgehead atoms. The molecule has 0 radical (unpaired) electrons. The van der Waals surface area contributed by atoms with Crippen molar-refractivity contribution in [2.45, 2.75) is 38.6 Å². The molecule has 21 heavy (non-hydrogen) atoms. The summed E-state index contributed by atoms with van der Waals surface area (Å²) in [5.41, 5.74) is 6.62. The molecule has 4 heteroatoms. The molecule has 1 aromatic rings. The van der Waals surface area contributed by atoms with Crippen molar-refractivity contribution in [1.82, 2.24) is 4.90 Å². The standard InChI is InChI=1S/C17H26N2O2/c1-12(14-8-5-6-10-16(14)20)19(2)17(21)15-9-4-3-7-13(15)11-18/h5-6,8,10,12-13,15,20H,3-4,7,9,11,18H2,1-2H3. The second-order valence-corrected chi connectivity index (χ2v) is 6.07. The molecule has 1 aliphatic rings. The van der Waals surface area contributed by atoms with E-state index in [9.17, 15) is 9.90 Å². The van der Waals surface area contributed by atoms with E-state index in [4.69, 9.17) is 5.73 Å². The van der Waals surface area contributed by atoms with Crippen LogP contribution in [0.3, 0.4) is 0 Å². The summed E-state index contributed by atoms with van der Waals surface area (Å²) in [5.74, 6) is 0.719. The molecule has 3 unspecified atom stereocenters. The third kappa shape index (κ3) is 3.38. The number of rotatable bonds is 4. The molecule has 1 aromatic carbocycles. The van der Waals surface area contributed by atoms with Crippen molar-refractivity contribution < 1.29 is 9.90 Å². The average Bonchev–Trinajstić information content (AvgIpc) is 2.53. The monoisotopic (exact) mass is 290 g/mol. The lowest BCUT2D eigenvalue weighted by molar-refractivity contribution is -0.139. The SMILES string of the molecule is CC(c1ccccc1O)N(C)C(=O)C1CCCCC1CN. The van der Waals surface area contributed by atoms with Crippen molar-refractivity contribution in [3.63, 3.8) is 0 Å². The van der Waals surface area contributed by atoms with Crippen LogP contribution in [0.25, 0.3) is 0 Å². The number of nitrogens with zero attached hydrogens (tertiary/aromatic N) is 1. The lowest BCUT2D eigenvalue weighted by atomic mass is 9.78. The van der Waals surface area contributed by atoms with E-state index in [0.717, 1.165) is 24.8 Å². The van der Waals surface area contributed by atoms with Gasteiger partial charge in [-0.2, -0.15) is 0 Å². The number of benzene rings is 1. The Morgan fingerprint density at radius 3 is 2.71 bits per heavy atom. The van der Waals surface area contributed by atoms with Gasteiger partial charge in [-0.3, -0.25) is 4.79 Å². The second-order valence-electron chi connectivity index (χ2n) is 6.07. The molecule has 0 saturated heterocycles. The predicted octanol–water partition coefficient (Wildman–Crippen LogP) is 2.68. The van der Waals surface area contributed by atoms with E-state index in [1.807, 2.05) is 26.1 Å². The Bertz CT molecular complexity index is 489. The van der Waals surface area contributed by atoms with Crippen LogP contribution in [0.1, 0.15) is 44.2 Å². The zero-order valence-corrected chi connectivity index (χ0v) is 13.0. The number of carbonyl (C=O) groups is 1. The van der Waals surface area contributed by atoms with E-state index in [1.54, 1.807) is 17.0 Å². The van der Waals surface area contributed by atoms with Crippen LogP contribution >= 0.6 is 0 Å². The van der Waals surface area contributed by atoms with E-state index in [1.165, 1.54) is 6.42 Å². The Kier molecular flexibility index (Phi) is 5.23. The topological polar surface area (TPSA) is 66.6 Å². The van der Waals surface area contributed by atoms with Gasteiger partial charge in [-0.15, -0.1) is 0 Å². The minimum absolute atomic E-state index is 0.0297. The number of phenolic OH excluding ortho intramolecular Hbond substituents is 1. The highest BCUT2D eigenvalue weighted by molar-refractivity contribution is 5.79. The molecule has 3 atom stereocenters. The number of phenols is 1. The first-order valence-electron chi connectivity index (χ1n) is 7.81. The van der Waals surface area contributed by atoms with Gasteiger partial charge in [0.05, 0.1) is 6.04 Å². The van der Waals surface area contributed by atoms with Crippen molar-refractivity contribution in [3.8, 4) is 5.75 Å². The molecule has 1 saturated carbocycles. The number of nitrogens with two attached hydrogens (primary N) is 1. The van der Waals surface area contributed by atoms with Gasteiger partial charge in [-0.05, 0) is 38.3 Å². The molecular formula is C17H26N2O2. The highest BCUT2D eigenvalue weighted by Crippen LogP contribution is 2.34. The van der Waals surface area contributed by atoms with Crippen LogP contribution < -0.4 is 5.73 Å². The van der Waals surface area contributed by atoms with Crippen molar-refractivity contribution in [2.75, 3.05) is 13.6 Å². The number of hydrogen-bond donors (Lipinski definition) is 2. The normalized spacial score (nSPS) is 23.6. The van der Waals surface area contributed by atoms with Crippen LogP contribution in [0.2, 0.25) is 0 Å². The summed E-state index contributed by atoms with van der Waals surface area (Å²) in [6.07, 6.45) is 4.25. The predicted molar refractivity (Wildman–Crippen MR) is 83.8 cm³/mol. The average molecular weight is 290 g/mol. The summed E-state index contributed by atoms with van der Waals surface area (Å²) in [4.78, 5) is 14.5. The molecule has 0 heterocycles. The zero-order valence-electron chi connectivity index (χ0n) is 13.0. The lowest BCUT2D eigenvalue weighted by Gasteiger charge is -2.35. The van der Waals surface area contributed by atoms with Crippen LogP contribution in [0.4, 0.5) is 0 Å². The van der Waals surface area contributed by atoms with Gasteiger partial charge in [0, 0.05) is 18.5 Å². The smallest absolute Gasteiger partial charge is 0.226 e. The summed E-state index contributed by atoms with van der Waals surface area (Å²) in [5, 5.41) is 9.96. The summed E-state index contributed by atoms with van der Waals surface area (Å²) in [6, 6.07) is 7.06. The van der Waals surface area contributed by atoms with Crippen LogP contribution in [0, 0.1) is 11.8 Å². The van der Waals surface area contributed by atoms with Gasteiger partial charge < -0.3 is 15.7 Å². The number of carbonyl (C=O) groups excluding carboxylic acids is 1. The fourth-order valence-corrected chi connectivity index (χ4v) is 3.32. The van der Waals surface area contributed by atoms with E-state index < -0.39 is 0 Å².